The van der Waals surface area contributed by atoms with Crippen LogP contribution in [0.15, 0.2) is 24.3 Å². The van der Waals surface area contributed by atoms with Gasteiger partial charge in [-0.2, -0.15) is 0 Å². The summed E-state index contributed by atoms with van der Waals surface area (Å²) in [5.41, 5.74) is 1.93. The van der Waals surface area contributed by atoms with E-state index in [1.807, 2.05) is 38.1 Å². The van der Waals surface area contributed by atoms with E-state index in [0.29, 0.717) is 6.04 Å². The maximum atomic E-state index is 12.3. The molecule has 0 spiro atoms. The Kier molecular flexibility index (Phi) is 6.79. The maximum absolute atomic E-state index is 12.3. The van der Waals surface area contributed by atoms with Crippen LogP contribution in [0.2, 0.25) is 0 Å². The largest absolute Gasteiger partial charge is 0.352 e. The van der Waals surface area contributed by atoms with Crippen molar-refractivity contribution in [2.75, 3.05) is 18.9 Å². The van der Waals surface area contributed by atoms with Gasteiger partial charge in [0.25, 0.3) is 0 Å². The van der Waals surface area contributed by atoms with E-state index in [4.69, 9.17) is 0 Å². The van der Waals surface area contributed by atoms with Gasteiger partial charge in [-0.15, -0.1) is 0 Å². The zero-order valence-corrected chi connectivity index (χ0v) is 15.0. The molecule has 2 N–H and O–H groups in total. The van der Waals surface area contributed by atoms with Crippen molar-refractivity contribution in [1.29, 1.82) is 0 Å². The molecule has 0 heterocycles. The van der Waals surface area contributed by atoms with Crippen molar-refractivity contribution in [3.63, 3.8) is 0 Å². The fourth-order valence-electron chi connectivity index (χ4n) is 2.97. The number of carbonyl (C=O) groups excluding carboxylic acids is 2. The molecule has 1 fully saturated rings. The van der Waals surface area contributed by atoms with E-state index in [9.17, 15) is 9.59 Å². The van der Waals surface area contributed by atoms with Gasteiger partial charge in [-0.25, -0.2) is 0 Å². The van der Waals surface area contributed by atoms with Gasteiger partial charge in [0.15, 0.2) is 0 Å². The van der Waals surface area contributed by atoms with Gasteiger partial charge in [0.05, 0.1) is 12.6 Å². The third-order valence-electron chi connectivity index (χ3n) is 4.72. The second-order valence-corrected chi connectivity index (χ2v) is 6.85. The van der Waals surface area contributed by atoms with Crippen molar-refractivity contribution in [2.45, 2.75) is 58.0 Å². The molecule has 1 aliphatic carbocycles. The number of aryl methyl sites for hydroxylation is 1. The van der Waals surface area contributed by atoms with E-state index in [2.05, 4.69) is 10.6 Å². The summed E-state index contributed by atoms with van der Waals surface area (Å²) in [6.07, 6.45) is 5.77. The first-order valence-electron chi connectivity index (χ1n) is 8.83. The molecule has 24 heavy (non-hydrogen) atoms. The second-order valence-electron chi connectivity index (χ2n) is 6.85. The van der Waals surface area contributed by atoms with Crippen molar-refractivity contribution in [3.8, 4) is 0 Å². The Bertz CT molecular complexity index is 550. The highest BCUT2D eigenvalue weighted by Crippen LogP contribution is 2.17. The Hall–Kier alpha value is -1.88. The minimum Gasteiger partial charge on any atom is -0.352 e. The molecule has 1 aromatic rings. The standard InChI is InChI=1S/C19H29N3O2/c1-14-9-11-17(12-10-14)20-18(23)13-22(3)15(2)19(24)21-16-7-5-4-6-8-16/h9-12,15-16H,4-8,13H2,1-3H3,(H,20,23)(H,21,24)/t15-/m1/s1. The number of likely N-dealkylation sites (N-methyl/N-ethyl adjacent to an activating group) is 1. The number of nitrogens with one attached hydrogen (secondary N) is 2. The summed E-state index contributed by atoms with van der Waals surface area (Å²) in [6.45, 7) is 4.04. The highest BCUT2D eigenvalue weighted by molar-refractivity contribution is 5.92. The Morgan fingerprint density at radius 2 is 1.79 bits per heavy atom. The molecular weight excluding hydrogens is 302 g/mol. The summed E-state index contributed by atoms with van der Waals surface area (Å²) < 4.78 is 0. The highest BCUT2D eigenvalue weighted by Gasteiger charge is 2.23. The first-order chi connectivity index (χ1) is 11.5. The monoisotopic (exact) mass is 331 g/mol. The normalized spacial score (nSPS) is 16.7. The summed E-state index contributed by atoms with van der Waals surface area (Å²) in [5.74, 6) is -0.105. The van der Waals surface area contributed by atoms with E-state index >= 15 is 0 Å². The molecule has 1 aromatic carbocycles. The van der Waals surface area contributed by atoms with Crippen LogP contribution >= 0.6 is 0 Å². The number of rotatable bonds is 6. The van der Waals surface area contributed by atoms with Gasteiger partial charge >= 0.3 is 0 Å². The third kappa shape index (κ3) is 5.64. The molecule has 0 radical (unpaired) electrons. The first kappa shape index (κ1) is 18.5. The smallest absolute Gasteiger partial charge is 0.238 e. The second kappa shape index (κ2) is 8.83. The van der Waals surface area contributed by atoms with Crippen LogP contribution in [0.1, 0.15) is 44.6 Å². The van der Waals surface area contributed by atoms with E-state index in [0.717, 1.165) is 24.1 Å². The molecule has 5 nitrogen and oxygen atoms in total. The molecule has 1 saturated carbocycles. The zero-order chi connectivity index (χ0) is 17.5. The minimum absolute atomic E-state index is 0.00698. The lowest BCUT2D eigenvalue weighted by Crippen LogP contribution is -2.49. The minimum atomic E-state index is -0.323. The molecular formula is C19H29N3O2. The Balaban J connectivity index is 1.79. The zero-order valence-electron chi connectivity index (χ0n) is 15.0. The Labute approximate surface area is 144 Å². The van der Waals surface area contributed by atoms with Crippen LogP contribution in [0.25, 0.3) is 0 Å². The highest BCUT2D eigenvalue weighted by atomic mass is 16.2. The van der Waals surface area contributed by atoms with Crippen LogP contribution in [-0.4, -0.2) is 42.4 Å². The van der Waals surface area contributed by atoms with E-state index in [1.165, 1.54) is 19.3 Å². The predicted molar refractivity (Wildman–Crippen MR) is 96.9 cm³/mol. The van der Waals surface area contributed by atoms with Gasteiger partial charge in [-0.05, 0) is 45.9 Å². The number of amides is 2. The average molecular weight is 331 g/mol. The van der Waals surface area contributed by atoms with Crippen molar-refractivity contribution in [3.05, 3.63) is 29.8 Å². The van der Waals surface area contributed by atoms with Gasteiger partial charge in [0.1, 0.15) is 0 Å². The quantitative estimate of drug-likeness (QED) is 0.842. The summed E-state index contributed by atoms with van der Waals surface area (Å²) in [6, 6.07) is 7.65. The lowest BCUT2D eigenvalue weighted by atomic mass is 9.95. The fourth-order valence-corrected chi connectivity index (χ4v) is 2.97. The Morgan fingerprint density at radius 1 is 1.17 bits per heavy atom. The van der Waals surface area contributed by atoms with E-state index in [-0.39, 0.29) is 24.4 Å². The molecule has 2 amide bonds. The summed E-state index contributed by atoms with van der Waals surface area (Å²) in [7, 11) is 1.81. The van der Waals surface area contributed by atoms with Gasteiger partial charge in [0, 0.05) is 11.7 Å². The first-order valence-corrected chi connectivity index (χ1v) is 8.83. The van der Waals surface area contributed by atoms with Gasteiger partial charge in [0.2, 0.25) is 11.8 Å². The van der Waals surface area contributed by atoms with E-state index < -0.39 is 0 Å². The van der Waals surface area contributed by atoms with Gasteiger partial charge in [-0.3, -0.25) is 14.5 Å². The predicted octanol–water partition coefficient (Wildman–Crippen LogP) is 2.70. The lowest BCUT2D eigenvalue weighted by Gasteiger charge is -2.28. The van der Waals surface area contributed by atoms with Crippen LogP contribution in [-0.2, 0) is 9.59 Å². The third-order valence-corrected chi connectivity index (χ3v) is 4.72. The van der Waals surface area contributed by atoms with Gasteiger partial charge in [-0.1, -0.05) is 37.0 Å². The van der Waals surface area contributed by atoms with Crippen molar-refractivity contribution in [2.24, 2.45) is 0 Å². The van der Waals surface area contributed by atoms with Crippen molar-refractivity contribution >= 4 is 17.5 Å². The van der Waals surface area contributed by atoms with Crippen LogP contribution in [0, 0.1) is 6.92 Å². The topological polar surface area (TPSA) is 61.4 Å². The van der Waals surface area contributed by atoms with Crippen molar-refractivity contribution < 1.29 is 9.59 Å². The average Bonchev–Trinajstić information content (AvgIpc) is 2.57. The molecule has 132 valence electrons. The molecule has 0 bridgehead atoms. The molecule has 0 saturated heterocycles. The number of hydrogen-bond acceptors (Lipinski definition) is 3. The lowest BCUT2D eigenvalue weighted by molar-refractivity contribution is -0.127. The summed E-state index contributed by atoms with van der Waals surface area (Å²) in [5, 5.41) is 5.98. The molecule has 5 heteroatoms. The molecule has 0 unspecified atom stereocenters. The number of nitrogens with zero attached hydrogens (tertiary/aromatic N) is 1. The number of anilines is 1. The van der Waals surface area contributed by atoms with E-state index in [1.54, 1.807) is 11.9 Å². The molecule has 1 atom stereocenters. The summed E-state index contributed by atoms with van der Waals surface area (Å²) in [4.78, 5) is 26.3. The Morgan fingerprint density at radius 3 is 2.42 bits per heavy atom. The van der Waals surface area contributed by atoms with Crippen LogP contribution in [0.5, 0.6) is 0 Å². The number of benzene rings is 1. The molecule has 2 rings (SSSR count). The maximum Gasteiger partial charge on any atom is 0.238 e. The molecule has 0 aromatic heterocycles. The van der Waals surface area contributed by atoms with Crippen LogP contribution < -0.4 is 10.6 Å². The van der Waals surface area contributed by atoms with Crippen LogP contribution in [0.3, 0.4) is 0 Å². The summed E-state index contributed by atoms with van der Waals surface area (Å²) >= 11 is 0. The number of carbonyl (C=O) groups is 2. The molecule has 0 aliphatic heterocycles. The van der Waals surface area contributed by atoms with Gasteiger partial charge < -0.3 is 10.6 Å². The fraction of sp³-hybridized carbons (Fsp3) is 0.579. The SMILES string of the molecule is Cc1ccc(NC(=O)CN(C)[C@H](C)C(=O)NC2CCCCC2)cc1. The van der Waals surface area contributed by atoms with Crippen molar-refractivity contribution in [1.82, 2.24) is 10.2 Å². The molecule has 1 aliphatic rings. The number of hydrogen-bond donors (Lipinski definition) is 2. The van der Waals surface area contributed by atoms with Crippen LogP contribution in [0.4, 0.5) is 5.69 Å².